The molecule has 0 radical (unpaired) electrons. The highest BCUT2D eigenvalue weighted by Crippen LogP contribution is 2.56. The Morgan fingerprint density at radius 3 is 2.73 bits per heavy atom. The Morgan fingerprint density at radius 2 is 2.36 bits per heavy atom. The summed E-state index contributed by atoms with van der Waals surface area (Å²) in [5.41, 5.74) is -1.56. The maximum Gasteiger partial charge on any atom is 0.245 e. The second-order valence-electron chi connectivity index (χ2n) is 2.12. The van der Waals surface area contributed by atoms with Crippen LogP contribution in [0.4, 0.5) is 0 Å². The standard InChI is InChI=1S/C6H13O2PS2/c1-4-8-9(7,10)11-5-6(2)3/h2,4-5H2,1,3H3,(H,7,10). The van der Waals surface area contributed by atoms with Crippen molar-refractivity contribution in [1.82, 2.24) is 0 Å². The summed E-state index contributed by atoms with van der Waals surface area (Å²) < 4.78 is 4.98. The minimum atomic E-state index is -2.56. The molecule has 11 heavy (non-hydrogen) atoms. The molecule has 0 saturated heterocycles. The molecular weight excluding hydrogens is 199 g/mol. The van der Waals surface area contributed by atoms with Gasteiger partial charge in [0.1, 0.15) is 0 Å². The topological polar surface area (TPSA) is 29.5 Å². The normalized spacial score (nSPS) is 15.9. The van der Waals surface area contributed by atoms with E-state index in [1.807, 2.05) is 13.8 Å². The predicted molar refractivity (Wildman–Crippen MR) is 55.4 cm³/mol. The van der Waals surface area contributed by atoms with Crippen LogP contribution in [0.1, 0.15) is 13.8 Å². The third-order valence-corrected chi connectivity index (χ3v) is 5.25. The lowest BCUT2D eigenvalue weighted by atomic mass is 10.4. The molecule has 0 aliphatic rings. The van der Waals surface area contributed by atoms with Crippen LogP contribution in [0.15, 0.2) is 12.2 Å². The minimum absolute atomic E-state index is 0.469. The quantitative estimate of drug-likeness (QED) is 0.560. The summed E-state index contributed by atoms with van der Waals surface area (Å²) in [5.74, 6) is 0.674. The van der Waals surface area contributed by atoms with E-state index in [1.54, 1.807) is 0 Å². The molecule has 1 unspecified atom stereocenters. The van der Waals surface area contributed by atoms with Crippen LogP contribution >= 0.6 is 17.1 Å². The van der Waals surface area contributed by atoms with Crippen molar-refractivity contribution >= 4 is 28.9 Å². The first-order valence-corrected chi connectivity index (χ1v) is 7.50. The fourth-order valence-corrected chi connectivity index (χ4v) is 3.66. The Bertz CT molecular complexity index is 181. The van der Waals surface area contributed by atoms with Gasteiger partial charge in [-0.05, 0) is 25.7 Å². The van der Waals surface area contributed by atoms with Gasteiger partial charge < -0.3 is 9.42 Å². The van der Waals surface area contributed by atoms with Crippen molar-refractivity contribution in [2.75, 3.05) is 12.4 Å². The Hall–Kier alpha value is 0.660. The zero-order chi connectivity index (χ0) is 8.91. The maximum atomic E-state index is 9.39. The SMILES string of the molecule is C=C(C)CSP(O)(=S)OCC. The van der Waals surface area contributed by atoms with Gasteiger partial charge in [-0.1, -0.05) is 23.5 Å². The number of hydrogen-bond donors (Lipinski definition) is 1. The predicted octanol–water partition coefficient (Wildman–Crippen LogP) is 2.55. The minimum Gasteiger partial charge on any atom is -0.337 e. The third-order valence-electron chi connectivity index (χ3n) is 0.766. The molecule has 0 fully saturated rings. The second-order valence-corrected chi connectivity index (χ2v) is 8.30. The molecule has 0 heterocycles. The van der Waals surface area contributed by atoms with Crippen LogP contribution < -0.4 is 0 Å². The van der Waals surface area contributed by atoms with Gasteiger partial charge in [-0.3, -0.25) is 0 Å². The zero-order valence-corrected chi connectivity index (χ0v) is 9.27. The molecule has 0 aromatic carbocycles. The van der Waals surface area contributed by atoms with E-state index < -0.39 is 5.69 Å². The molecule has 0 aliphatic carbocycles. The van der Waals surface area contributed by atoms with E-state index in [2.05, 4.69) is 6.58 Å². The molecule has 0 saturated carbocycles. The molecule has 2 nitrogen and oxygen atoms in total. The van der Waals surface area contributed by atoms with Gasteiger partial charge in [0.15, 0.2) is 0 Å². The fourth-order valence-electron chi connectivity index (χ4n) is 0.392. The molecule has 0 aromatic rings. The van der Waals surface area contributed by atoms with Gasteiger partial charge in [-0.25, -0.2) is 0 Å². The first kappa shape index (κ1) is 11.7. The molecule has 0 aliphatic heterocycles. The highest BCUT2D eigenvalue weighted by molar-refractivity contribution is 8.67. The van der Waals surface area contributed by atoms with Crippen molar-refractivity contribution in [2.45, 2.75) is 13.8 Å². The van der Waals surface area contributed by atoms with Gasteiger partial charge in [0, 0.05) is 5.75 Å². The van der Waals surface area contributed by atoms with E-state index in [0.717, 1.165) is 5.57 Å². The fraction of sp³-hybridized carbons (Fsp3) is 0.667. The average Bonchev–Trinajstić information content (AvgIpc) is 1.84. The molecule has 0 aromatic heterocycles. The van der Waals surface area contributed by atoms with E-state index >= 15 is 0 Å². The van der Waals surface area contributed by atoms with Crippen LogP contribution in [-0.4, -0.2) is 17.3 Å². The molecule has 0 rings (SSSR count). The van der Waals surface area contributed by atoms with Gasteiger partial charge >= 0.3 is 0 Å². The van der Waals surface area contributed by atoms with Crippen molar-refractivity contribution < 1.29 is 9.42 Å². The lowest BCUT2D eigenvalue weighted by Gasteiger charge is -2.12. The second kappa shape index (κ2) is 5.33. The molecule has 0 amide bonds. The van der Waals surface area contributed by atoms with Gasteiger partial charge in [0.2, 0.25) is 5.69 Å². The number of rotatable bonds is 5. The average molecular weight is 212 g/mol. The van der Waals surface area contributed by atoms with Crippen LogP contribution in [0.3, 0.4) is 0 Å². The third kappa shape index (κ3) is 7.04. The van der Waals surface area contributed by atoms with E-state index in [0.29, 0.717) is 12.4 Å². The van der Waals surface area contributed by atoms with Crippen molar-refractivity contribution in [3.8, 4) is 0 Å². The van der Waals surface area contributed by atoms with Crippen LogP contribution in [0.25, 0.3) is 0 Å². The largest absolute Gasteiger partial charge is 0.337 e. The smallest absolute Gasteiger partial charge is 0.245 e. The molecule has 1 N–H and O–H groups in total. The highest BCUT2D eigenvalue weighted by Gasteiger charge is 2.12. The Kier molecular flexibility index (Phi) is 5.65. The van der Waals surface area contributed by atoms with Crippen LogP contribution in [0.5, 0.6) is 0 Å². The Balaban J connectivity index is 3.73. The molecule has 0 spiro atoms. The van der Waals surface area contributed by atoms with Gasteiger partial charge in [0.25, 0.3) is 0 Å². The summed E-state index contributed by atoms with van der Waals surface area (Å²) in [4.78, 5) is 9.39. The van der Waals surface area contributed by atoms with E-state index in [-0.39, 0.29) is 0 Å². The van der Waals surface area contributed by atoms with Crippen molar-refractivity contribution in [2.24, 2.45) is 0 Å². The van der Waals surface area contributed by atoms with Crippen molar-refractivity contribution in [3.63, 3.8) is 0 Å². The molecule has 66 valence electrons. The van der Waals surface area contributed by atoms with E-state index in [4.69, 9.17) is 16.3 Å². The molecular formula is C6H13O2PS2. The summed E-state index contributed by atoms with van der Waals surface area (Å²) in [6.07, 6.45) is 0. The summed E-state index contributed by atoms with van der Waals surface area (Å²) in [5, 5.41) is 0. The van der Waals surface area contributed by atoms with Crippen molar-refractivity contribution in [1.29, 1.82) is 0 Å². The first-order valence-electron chi connectivity index (χ1n) is 3.24. The summed E-state index contributed by atoms with van der Waals surface area (Å²) in [6.45, 7) is 7.89. The molecule has 0 bridgehead atoms. The van der Waals surface area contributed by atoms with Gasteiger partial charge in [-0.15, -0.1) is 0 Å². The number of hydrogen-bond acceptors (Lipinski definition) is 3. The van der Waals surface area contributed by atoms with Gasteiger partial charge in [-0.2, -0.15) is 0 Å². The molecule has 5 heteroatoms. The summed E-state index contributed by atoms with van der Waals surface area (Å²) in [6, 6.07) is 0. The van der Waals surface area contributed by atoms with Crippen LogP contribution in [0.2, 0.25) is 0 Å². The monoisotopic (exact) mass is 212 g/mol. The zero-order valence-electron chi connectivity index (χ0n) is 6.74. The van der Waals surface area contributed by atoms with Gasteiger partial charge in [0.05, 0.1) is 6.61 Å². The molecule has 1 atom stereocenters. The maximum absolute atomic E-state index is 9.39. The lowest BCUT2D eigenvalue weighted by molar-refractivity contribution is 0.341. The van der Waals surface area contributed by atoms with E-state index in [1.165, 1.54) is 11.4 Å². The van der Waals surface area contributed by atoms with Crippen LogP contribution in [0, 0.1) is 0 Å². The van der Waals surface area contributed by atoms with Crippen LogP contribution in [-0.2, 0) is 16.3 Å². The summed E-state index contributed by atoms with van der Waals surface area (Å²) in [7, 11) is 0. The Morgan fingerprint density at radius 1 is 1.82 bits per heavy atom. The van der Waals surface area contributed by atoms with E-state index in [9.17, 15) is 4.89 Å². The summed E-state index contributed by atoms with van der Waals surface area (Å²) >= 11 is 6.10. The van der Waals surface area contributed by atoms with Crippen molar-refractivity contribution in [3.05, 3.63) is 12.2 Å². The Labute approximate surface area is 76.9 Å². The highest BCUT2D eigenvalue weighted by atomic mass is 32.9. The first-order chi connectivity index (χ1) is 4.98. The lowest BCUT2D eigenvalue weighted by Crippen LogP contribution is -1.86.